The van der Waals surface area contributed by atoms with E-state index in [4.69, 9.17) is 0 Å². The number of aromatic nitrogens is 1. The Morgan fingerprint density at radius 2 is 2.00 bits per heavy atom. The Hall–Kier alpha value is -3.23. The predicted octanol–water partition coefficient (Wildman–Crippen LogP) is 3.06. The van der Waals surface area contributed by atoms with Crippen molar-refractivity contribution in [3.8, 4) is 0 Å². The van der Waals surface area contributed by atoms with E-state index < -0.39 is 9.85 Å². The highest BCUT2D eigenvalue weighted by Gasteiger charge is 2.29. The lowest BCUT2D eigenvalue weighted by molar-refractivity contribution is -0.393. The highest BCUT2D eigenvalue weighted by atomic mass is 16.6. The normalized spacial score (nSPS) is 14.5. The van der Waals surface area contributed by atoms with Crippen LogP contribution in [0.2, 0.25) is 0 Å². The molecule has 0 amide bonds. The average Bonchev–Trinajstić information content (AvgIpc) is 3.21. The Kier molecular flexibility index (Phi) is 3.75. The Labute approximate surface area is 130 Å². The summed E-state index contributed by atoms with van der Waals surface area (Å²) >= 11 is 0. The first-order chi connectivity index (χ1) is 11.1. The van der Waals surface area contributed by atoms with Gasteiger partial charge in [-0.15, -0.1) is 0 Å². The van der Waals surface area contributed by atoms with Gasteiger partial charge in [0.2, 0.25) is 0 Å². The van der Waals surface area contributed by atoms with Gasteiger partial charge in [-0.05, 0) is 31.0 Å². The highest BCUT2D eigenvalue weighted by molar-refractivity contribution is 6.02. The van der Waals surface area contributed by atoms with Gasteiger partial charge in [-0.3, -0.25) is 25.7 Å². The van der Waals surface area contributed by atoms with Crippen molar-refractivity contribution in [3.63, 3.8) is 0 Å². The van der Waals surface area contributed by atoms with Crippen molar-refractivity contribution in [1.82, 2.24) is 4.98 Å². The van der Waals surface area contributed by atoms with Gasteiger partial charge in [0.25, 0.3) is 5.69 Å². The van der Waals surface area contributed by atoms with E-state index in [-0.39, 0.29) is 17.1 Å². The smallest absolute Gasteiger partial charge is 0.301 e. The number of nitrogens with one attached hydrogen (secondary N) is 2. The lowest BCUT2D eigenvalue weighted by atomic mass is 10.2. The van der Waals surface area contributed by atoms with Crippen LogP contribution in [0.25, 0.3) is 0 Å². The van der Waals surface area contributed by atoms with Crippen molar-refractivity contribution in [1.29, 1.82) is 0 Å². The standard InChI is InChI=1S/C14H13N5O4/c20-18(21)10-5-6-11(13(8-10)19(22)23)16-17-14(9-3-4-9)12-2-1-7-15-12/h1-2,5-9,15-16H,3-4H2/b17-14+. The lowest BCUT2D eigenvalue weighted by Gasteiger charge is -2.06. The molecule has 0 radical (unpaired) electrons. The molecule has 118 valence electrons. The van der Waals surface area contributed by atoms with E-state index in [0.29, 0.717) is 5.92 Å². The van der Waals surface area contributed by atoms with Gasteiger partial charge in [-0.2, -0.15) is 5.10 Å². The molecule has 0 bridgehead atoms. The number of aromatic amines is 1. The van der Waals surface area contributed by atoms with Crippen LogP contribution in [-0.4, -0.2) is 20.5 Å². The van der Waals surface area contributed by atoms with E-state index in [1.54, 1.807) is 6.20 Å². The van der Waals surface area contributed by atoms with Crippen molar-refractivity contribution in [2.45, 2.75) is 12.8 Å². The van der Waals surface area contributed by atoms with E-state index in [1.807, 2.05) is 12.1 Å². The molecule has 0 atom stereocenters. The van der Waals surface area contributed by atoms with E-state index in [1.165, 1.54) is 12.1 Å². The van der Waals surface area contributed by atoms with Crippen LogP contribution in [0.1, 0.15) is 18.5 Å². The zero-order valence-corrected chi connectivity index (χ0v) is 11.9. The fourth-order valence-corrected chi connectivity index (χ4v) is 2.22. The van der Waals surface area contributed by atoms with Gasteiger partial charge in [0, 0.05) is 18.2 Å². The number of hydrogen-bond acceptors (Lipinski definition) is 6. The van der Waals surface area contributed by atoms with Crippen LogP contribution >= 0.6 is 0 Å². The molecule has 0 aliphatic heterocycles. The Morgan fingerprint density at radius 3 is 2.57 bits per heavy atom. The summed E-state index contributed by atoms with van der Waals surface area (Å²) in [6.45, 7) is 0. The van der Waals surface area contributed by atoms with Gasteiger partial charge in [-0.1, -0.05) is 0 Å². The van der Waals surface area contributed by atoms with Crippen molar-refractivity contribution in [3.05, 3.63) is 62.5 Å². The molecule has 1 aromatic carbocycles. The zero-order valence-electron chi connectivity index (χ0n) is 11.9. The maximum atomic E-state index is 11.1. The summed E-state index contributed by atoms with van der Waals surface area (Å²) in [6, 6.07) is 7.14. The maximum Gasteiger partial charge on any atom is 0.301 e. The minimum Gasteiger partial charge on any atom is -0.360 e. The third-order valence-electron chi connectivity index (χ3n) is 3.52. The Balaban J connectivity index is 1.91. The summed E-state index contributed by atoms with van der Waals surface area (Å²) in [7, 11) is 0. The topological polar surface area (TPSA) is 126 Å². The number of hydrazone groups is 1. The number of nitrogens with zero attached hydrogens (tertiary/aromatic N) is 3. The summed E-state index contributed by atoms with van der Waals surface area (Å²) in [5, 5.41) is 26.1. The molecule has 2 aromatic rings. The molecule has 3 rings (SSSR count). The Bertz CT molecular complexity index is 780. The molecule has 2 N–H and O–H groups in total. The molecule has 1 aliphatic rings. The second kappa shape index (κ2) is 5.87. The van der Waals surface area contributed by atoms with Crippen LogP contribution < -0.4 is 5.43 Å². The molecular weight excluding hydrogens is 302 g/mol. The summed E-state index contributed by atoms with van der Waals surface area (Å²) in [6.07, 6.45) is 3.81. The van der Waals surface area contributed by atoms with Gasteiger partial charge in [-0.25, -0.2) is 0 Å². The third-order valence-corrected chi connectivity index (χ3v) is 3.52. The van der Waals surface area contributed by atoms with Crippen LogP contribution in [0.3, 0.4) is 0 Å². The van der Waals surface area contributed by atoms with Crippen LogP contribution in [0, 0.1) is 26.1 Å². The van der Waals surface area contributed by atoms with Crippen molar-refractivity contribution >= 4 is 22.8 Å². The number of nitro benzene ring substituents is 2. The van der Waals surface area contributed by atoms with Gasteiger partial charge in [0.05, 0.1) is 27.3 Å². The first-order valence-electron chi connectivity index (χ1n) is 6.96. The van der Waals surface area contributed by atoms with E-state index in [9.17, 15) is 20.2 Å². The second-order valence-electron chi connectivity index (χ2n) is 5.18. The van der Waals surface area contributed by atoms with E-state index >= 15 is 0 Å². The van der Waals surface area contributed by atoms with Gasteiger partial charge in [0.1, 0.15) is 5.69 Å². The van der Waals surface area contributed by atoms with Crippen molar-refractivity contribution in [2.24, 2.45) is 11.0 Å². The van der Waals surface area contributed by atoms with Crippen molar-refractivity contribution < 1.29 is 9.85 Å². The number of rotatable bonds is 6. The molecule has 1 heterocycles. The largest absolute Gasteiger partial charge is 0.360 e. The Morgan fingerprint density at radius 1 is 1.22 bits per heavy atom. The van der Waals surface area contributed by atoms with Gasteiger partial charge in [0.15, 0.2) is 0 Å². The maximum absolute atomic E-state index is 11.1. The first kappa shape index (κ1) is 14.7. The van der Waals surface area contributed by atoms with Crippen LogP contribution in [0.5, 0.6) is 0 Å². The number of H-pyrrole nitrogens is 1. The quantitative estimate of drug-likeness (QED) is 0.481. The minimum absolute atomic E-state index is 0.116. The molecule has 1 fully saturated rings. The number of anilines is 1. The van der Waals surface area contributed by atoms with E-state index in [0.717, 1.165) is 30.3 Å². The number of hydrogen-bond donors (Lipinski definition) is 2. The molecule has 23 heavy (non-hydrogen) atoms. The molecule has 1 saturated carbocycles. The lowest BCUT2D eigenvalue weighted by Crippen LogP contribution is -2.08. The SMILES string of the molecule is O=[N+]([O-])c1ccc(N/N=C(/c2ccc[nH]2)C2CC2)c([N+](=O)[O-])c1. The molecule has 9 nitrogen and oxygen atoms in total. The molecule has 0 unspecified atom stereocenters. The summed E-state index contributed by atoms with van der Waals surface area (Å²) in [5.41, 5.74) is 3.72. The average molecular weight is 315 g/mol. The molecule has 9 heteroatoms. The summed E-state index contributed by atoms with van der Waals surface area (Å²) < 4.78 is 0. The van der Waals surface area contributed by atoms with Crippen molar-refractivity contribution in [2.75, 3.05) is 5.43 Å². The fourth-order valence-electron chi connectivity index (χ4n) is 2.22. The molecule has 1 aliphatic carbocycles. The summed E-state index contributed by atoms with van der Waals surface area (Å²) in [5.74, 6) is 0.318. The van der Waals surface area contributed by atoms with Gasteiger partial charge < -0.3 is 4.98 Å². The fraction of sp³-hybridized carbons (Fsp3) is 0.214. The molecular formula is C14H13N5O4. The monoisotopic (exact) mass is 315 g/mol. The third kappa shape index (κ3) is 3.18. The van der Waals surface area contributed by atoms with E-state index in [2.05, 4.69) is 15.5 Å². The van der Waals surface area contributed by atoms with Crippen LogP contribution in [0.4, 0.5) is 17.1 Å². The molecule has 0 spiro atoms. The number of benzene rings is 1. The second-order valence-corrected chi connectivity index (χ2v) is 5.18. The highest BCUT2D eigenvalue weighted by Crippen LogP contribution is 2.34. The number of nitro groups is 2. The molecule has 0 saturated heterocycles. The first-order valence-corrected chi connectivity index (χ1v) is 6.96. The minimum atomic E-state index is -0.672. The van der Waals surface area contributed by atoms with Crippen LogP contribution in [0.15, 0.2) is 41.6 Å². The zero-order chi connectivity index (χ0) is 16.4. The molecule has 1 aromatic heterocycles. The predicted molar refractivity (Wildman–Crippen MR) is 83.4 cm³/mol. The van der Waals surface area contributed by atoms with Crippen LogP contribution in [-0.2, 0) is 0 Å². The summed E-state index contributed by atoms with van der Waals surface area (Å²) in [4.78, 5) is 23.6. The van der Waals surface area contributed by atoms with Gasteiger partial charge >= 0.3 is 5.69 Å². The number of non-ortho nitro benzene ring substituents is 1.